The molecule has 1 N–H and O–H groups in total. The van der Waals surface area contributed by atoms with Crippen molar-refractivity contribution in [2.45, 2.75) is 95.9 Å². The number of ether oxygens (including phenoxy) is 2. The zero-order chi connectivity index (χ0) is 32.5. The van der Waals surface area contributed by atoms with Gasteiger partial charge in [0, 0.05) is 43.7 Å². The van der Waals surface area contributed by atoms with E-state index in [2.05, 4.69) is 30.2 Å². The number of carbonyl (C=O) groups is 2. The van der Waals surface area contributed by atoms with Crippen LogP contribution < -0.4 is 15.0 Å². The SMILES string of the molecule is [C-]#[N+]c1ccc(OC2CCC(NC(=O)c3nnc(N4CCC(N5CCC6(CC5)CN(C(=O)OC(C)(C)C)C6)CC4)s3)CC2)cc1Cl. The molecule has 4 fully saturated rings. The highest BCUT2D eigenvalue weighted by molar-refractivity contribution is 7.17. The molecule has 1 saturated carbocycles. The van der Waals surface area contributed by atoms with E-state index in [4.69, 9.17) is 27.6 Å². The number of carbonyl (C=O) groups excluding carboxylic acids is 2. The Morgan fingerprint density at radius 3 is 2.37 bits per heavy atom. The van der Waals surface area contributed by atoms with Gasteiger partial charge in [-0.05, 0) is 97.4 Å². The van der Waals surface area contributed by atoms with Crippen LogP contribution in [-0.4, -0.2) is 95.1 Å². The van der Waals surface area contributed by atoms with Crippen LogP contribution in [0.25, 0.3) is 4.85 Å². The molecule has 13 heteroatoms. The lowest BCUT2D eigenvalue weighted by Crippen LogP contribution is -2.63. The number of likely N-dealkylation sites (tertiary alicyclic amines) is 2. The number of hydrogen-bond donors (Lipinski definition) is 1. The highest BCUT2D eigenvalue weighted by atomic mass is 35.5. The Morgan fingerprint density at radius 2 is 1.74 bits per heavy atom. The van der Waals surface area contributed by atoms with Crippen LogP contribution >= 0.6 is 22.9 Å². The molecular weight excluding hydrogens is 626 g/mol. The fraction of sp³-hybridized carbons (Fsp3) is 0.667. The third kappa shape index (κ3) is 7.69. The molecule has 1 aliphatic carbocycles. The molecule has 2 aromatic rings. The van der Waals surface area contributed by atoms with Crippen LogP contribution in [0.15, 0.2) is 18.2 Å². The molecule has 4 heterocycles. The first kappa shape index (κ1) is 32.8. The van der Waals surface area contributed by atoms with Gasteiger partial charge in [-0.1, -0.05) is 29.0 Å². The van der Waals surface area contributed by atoms with Gasteiger partial charge < -0.3 is 29.5 Å². The normalized spacial score (nSPS) is 23.8. The summed E-state index contributed by atoms with van der Waals surface area (Å²) < 4.78 is 11.6. The molecular formula is C33H44ClN7O4S. The number of aromatic nitrogens is 2. The second kappa shape index (κ2) is 13.5. The van der Waals surface area contributed by atoms with Crippen molar-refractivity contribution in [3.63, 3.8) is 0 Å². The summed E-state index contributed by atoms with van der Waals surface area (Å²) in [5.41, 5.74) is 0.219. The molecule has 4 aliphatic rings. The fourth-order valence-electron chi connectivity index (χ4n) is 7.17. The summed E-state index contributed by atoms with van der Waals surface area (Å²) in [7, 11) is 0. The number of nitrogens with one attached hydrogen (secondary N) is 1. The summed E-state index contributed by atoms with van der Waals surface area (Å²) in [5.74, 6) is 0.509. The largest absolute Gasteiger partial charge is 0.490 e. The van der Waals surface area contributed by atoms with Gasteiger partial charge in [-0.2, -0.15) is 0 Å². The lowest BCUT2D eigenvalue weighted by Gasteiger charge is -2.54. The maximum atomic E-state index is 13.0. The predicted octanol–water partition coefficient (Wildman–Crippen LogP) is 6.16. The smallest absolute Gasteiger partial charge is 0.410 e. The van der Waals surface area contributed by atoms with Crippen LogP contribution in [0, 0.1) is 12.0 Å². The van der Waals surface area contributed by atoms with E-state index in [9.17, 15) is 9.59 Å². The second-order valence-corrected chi connectivity index (χ2v) is 15.6. The van der Waals surface area contributed by atoms with E-state index in [0.717, 1.165) is 95.8 Å². The van der Waals surface area contributed by atoms with Gasteiger partial charge in [0.25, 0.3) is 5.91 Å². The molecule has 0 bridgehead atoms. The quantitative estimate of drug-likeness (QED) is 0.365. The first-order valence-corrected chi connectivity index (χ1v) is 17.6. The first-order chi connectivity index (χ1) is 22.0. The zero-order valence-corrected chi connectivity index (χ0v) is 28.5. The number of nitrogens with zero attached hydrogens (tertiary/aromatic N) is 6. The third-order valence-electron chi connectivity index (χ3n) is 9.77. The number of amides is 2. The molecule has 11 nitrogen and oxygen atoms in total. The van der Waals surface area contributed by atoms with E-state index in [0.29, 0.717) is 27.5 Å². The number of anilines is 1. The van der Waals surface area contributed by atoms with Crippen molar-refractivity contribution in [2.75, 3.05) is 44.2 Å². The Balaban J connectivity index is 0.898. The standard InChI is InChI=1S/C33H44ClN7O4S/c1-32(2,3)45-31(43)41-20-33(21-41)13-17-39(18-14-33)23-11-15-40(16-12-23)30-38-37-29(46-30)28(42)36-22-5-7-24(8-6-22)44-25-9-10-27(35-4)26(34)19-25/h9-10,19,22-24H,5-8,11-18,20-21H2,1-3H3,(H,36,42). The van der Waals surface area contributed by atoms with Gasteiger partial charge in [0.15, 0.2) is 0 Å². The molecule has 3 saturated heterocycles. The summed E-state index contributed by atoms with van der Waals surface area (Å²) in [5, 5.41) is 13.4. The van der Waals surface area contributed by atoms with Crippen LogP contribution in [0.1, 0.15) is 81.9 Å². The van der Waals surface area contributed by atoms with Gasteiger partial charge in [-0.25, -0.2) is 9.64 Å². The number of rotatable bonds is 6. The lowest BCUT2D eigenvalue weighted by atomic mass is 9.72. The van der Waals surface area contributed by atoms with E-state index in [1.165, 1.54) is 11.3 Å². The average Bonchev–Trinajstić information content (AvgIpc) is 3.51. The summed E-state index contributed by atoms with van der Waals surface area (Å²) in [6.45, 7) is 18.5. The maximum absolute atomic E-state index is 13.0. The van der Waals surface area contributed by atoms with E-state index < -0.39 is 5.60 Å². The molecule has 46 heavy (non-hydrogen) atoms. The van der Waals surface area contributed by atoms with Crippen LogP contribution in [0.3, 0.4) is 0 Å². The molecule has 1 aromatic carbocycles. The zero-order valence-electron chi connectivity index (χ0n) is 27.0. The van der Waals surface area contributed by atoms with Gasteiger partial charge in [-0.15, -0.1) is 10.2 Å². The van der Waals surface area contributed by atoms with Gasteiger partial charge in [0.05, 0.1) is 17.7 Å². The van der Waals surface area contributed by atoms with Crippen LogP contribution in [0.2, 0.25) is 5.02 Å². The van der Waals surface area contributed by atoms with Crippen molar-refractivity contribution < 1.29 is 19.1 Å². The maximum Gasteiger partial charge on any atom is 0.410 e. The Labute approximate surface area is 280 Å². The second-order valence-electron chi connectivity index (χ2n) is 14.3. The van der Waals surface area contributed by atoms with Crippen molar-refractivity contribution in [1.29, 1.82) is 0 Å². The lowest BCUT2D eigenvalue weighted by molar-refractivity contribution is -0.0649. The summed E-state index contributed by atoms with van der Waals surface area (Å²) in [6, 6.07) is 5.79. The van der Waals surface area contributed by atoms with Crippen LogP contribution in [-0.2, 0) is 4.74 Å². The summed E-state index contributed by atoms with van der Waals surface area (Å²) in [4.78, 5) is 35.5. The molecule has 1 aromatic heterocycles. The molecule has 248 valence electrons. The van der Waals surface area contributed by atoms with Crippen molar-refractivity contribution in [3.8, 4) is 5.75 Å². The van der Waals surface area contributed by atoms with E-state index in [1.807, 2.05) is 25.7 Å². The Kier molecular flexibility index (Phi) is 9.65. The van der Waals surface area contributed by atoms with Crippen LogP contribution in [0.5, 0.6) is 5.75 Å². The number of piperidine rings is 2. The predicted molar refractivity (Wildman–Crippen MR) is 178 cm³/mol. The van der Waals surface area contributed by atoms with E-state index in [-0.39, 0.29) is 29.6 Å². The van der Waals surface area contributed by atoms with Gasteiger partial charge in [0.1, 0.15) is 11.4 Å². The number of benzene rings is 1. The van der Waals surface area contributed by atoms with Crippen molar-refractivity contribution >= 4 is 45.8 Å². The van der Waals surface area contributed by atoms with Crippen LogP contribution in [0.4, 0.5) is 15.6 Å². The summed E-state index contributed by atoms with van der Waals surface area (Å²) in [6.07, 6.45) is 7.55. The van der Waals surface area contributed by atoms with Crippen molar-refractivity contribution in [1.82, 2.24) is 25.3 Å². The molecule has 0 radical (unpaired) electrons. The highest BCUT2D eigenvalue weighted by Crippen LogP contribution is 2.42. The van der Waals surface area contributed by atoms with Crippen molar-refractivity contribution in [2.24, 2.45) is 5.41 Å². The highest BCUT2D eigenvalue weighted by Gasteiger charge is 2.48. The first-order valence-electron chi connectivity index (χ1n) is 16.4. The molecule has 2 amide bonds. The molecule has 3 aliphatic heterocycles. The average molecular weight is 670 g/mol. The molecule has 0 unspecified atom stereocenters. The topological polar surface area (TPSA) is 104 Å². The Hall–Kier alpha value is -3.14. The Morgan fingerprint density at radius 1 is 1.04 bits per heavy atom. The third-order valence-corrected chi connectivity index (χ3v) is 11.1. The molecule has 0 atom stereocenters. The number of hydrogen-bond acceptors (Lipinski definition) is 9. The van der Waals surface area contributed by atoms with Gasteiger partial charge >= 0.3 is 6.09 Å². The monoisotopic (exact) mass is 669 g/mol. The molecule has 1 spiro atoms. The van der Waals surface area contributed by atoms with E-state index >= 15 is 0 Å². The minimum atomic E-state index is -0.455. The van der Waals surface area contributed by atoms with Crippen molar-refractivity contribution in [3.05, 3.63) is 39.6 Å². The number of halogens is 1. The van der Waals surface area contributed by atoms with Gasteiger partial charge in [-0.3, -0.25) is 4.79 Å². The van der Waals surface area contributed by atoms with Gasteiger partial charge in [0.2, 0.25) is 15.8 Å². The van der Waals surface area contributed by atoms with E-state index in [1.54, 1.807) is 18.2 Å². The molecule has 6 rings (SSSR count). The summed E-state index contributed by atoms with van der Waals surface area (Å²) >= 11 is 7.52. The minimum absolute atomic E-state index is 0.0536. The fourth-order valence-corrected chi connectivity index (χ4v) is 8.18. The Bertz CT molecular complexity index is 1440. The minimum Gasteiger partial charge on any atom is -0.490 e.